The topological polar surface area (TPSA) is 144 Å². The molecule has 0 aliphatic carbocycles. The predicted octanol–water partition coefficient (Wildman–Crippen LogP) is 4.01. The number of benzene rings is 3. The van der Waals surface area contributed by atoms with Crippen LogP contribution in [0, 0.1) is 0 Å². The number of nitrogens with one attached hydrogen (secondary N) is 2. The van der Waals surface area contributed by atoms with Gasteiger partial charge in [0.25, 0.3) is 10.0 Å². The molecule has 1 fully saturated rings. The number of ether oxygens (including phenoxy) is 3. The number of carbonyl (C=O) groups excluding carboxylic acids is 3. The second-order valence-electron chi connectivity index (χ2n) is 10.7. The Morgan fingerprint density at radius 1 is 0.978 bits per heavy atom. The van der Waals surface area contributed by atoms with Crippen LogP contribution < -0.4 is 14.9 Å². The highest BCUT2D eigenvalue weighted by Crippen LogP contribution is 2.27. The first-order chi connectivity index (χ1) is 21.3. The molecule has 1 unspecified atom stereocenters. The van der Waals surface area contributed by atoms with Crippen LogP contribution in [0.25, 0.3) is 0 Å². The number of nitrogens with zero attached hydrogens (tertiary/aromatic N) is 2. The van der Waals surface area contributed by atoms with Gasteiger partial charge in [-0.15, -0.1) is 0 Å². The van der Waals surface area contributed by atoms with E-state index in [1.807, 2.05) is 30.3 Å². The molecule has 3 aromatic rings. The summed E-state index contributed by atoms with van der Waals surface area (Å²) in [6, 6.07) is 20.8. The monoisotopic (exact) mass is 658 g/mol. The van der Waals surface area contributed by atoms with Crippen LogP contribution in [0.15, 0.2) is 83.8 Å². The highest BCUT2D eigenvalue weighted by atomic mass is 35.5. The van der Waals surface area contributed by atoms with Crippen LogP contribution in [0.5, 0.6) is 0 Å². The smallest absolute Gasteiger partial charge is 0.410 e. The molecule has 1 atom stereocenters. The van der Waals surface area contributed by atoms with E-state index in [1.165, 1.54) is 43.4 Å². The Bertz CT molecular complexity index is 1620. The van der Waals surface area contributed by atoms with Crippen LogP contribution in [0.2, 0.25) is 5.02 Å². The normalized spacial score (nSPS) is 15.6. The summed E-state index contributed by atoms with van der Waals surface area (Å²) in [6.07, 6.45) is -1.08. The molecular weight excluding hydrogens is 624 g/mol. The molecule has 0 spiro atoms. The molecule has 0 saturated carbocycles. The number of rotatable bonds is 12. The standard InChI is InChI=1S/C31H35ClN4O8S/c1-31(2)43-21-26(44-31)17-33-28(37)19-36(25-13-7-11-23(32)15-25)45(40,41)27-14-8-12-24(16-27)34-29(38)18-35(3)30(39)42-20-22-9-5-4-6-10-22/h4-16,26H,17-21H2,1-3H3,(H,33,37)(H,34,38). The van der Waals surface area contributed by atoms with Gasteiger partial charge in [0.05, 0.1) is 17.2 Å². The van der Waals surface area contributed by atoms with E-state index in [2.05, 4.69) is 10.6 Å². The van der Waals surface area contributed by atoms with Gasteiger partial charge in [0.1, 0.15) is 25.8 Å². The lowest BCUT2D eigenvalue weighted by atomic mass is 10.2. The van der Waals surface area contributed by atoms with E-state index < -0.39 is 40.3 Å². The van der Waals surface area contributed by atoms with Crippen LogP contribution in [0.1, 0.15) is 19.4 Å². The minimum Gasteiger partial charge on any atom is -0.445 e. The third kappa shape index (κ3) is 9.66. The molecule has 1 saturated heterocycles. The van der Waals surface area contributed by atoms with Crippen LogP contribution >= 0.6 is 11.6 Å². The highest BCUT2D eigenvalue weighted by Gasteiger charge is 2.33. The van der Waals surface area contributed by atoms with Gasteiger partial charge in [0, 0.05) is 24.3 Å². The van der Waals surface area contributed by atoms with Crippen molar-refractivity contribution >= 4 is 50.9 Å². The quantitative estimate of drug-likeness (QED) is 0.297. The Hall–Kier alpha value is -4.17. The average Bonchev–Trinajstić information content (AvgIpc) is 3.36. The first-order valence-electron chi connectivity index (χ1n) is 14.0. The van der Waals surface area contributed by atoms with E-state index in [0.29, 0.717) is 0 Å². The number of sulfonamides is 1. The van der Waals surface area contributed by atoms with Gasteiger partial charge in [-0.05, 0) is 55.8 Å². The van der Waals surface area contributed by atoms with Crippen LogP contribution in [0.3, 0.4) is 0 Å². The van der Waals surface area contributed by atoms with E-state index in [-0.39, 0.29) is 53.7 Å². The molecule has 14 heteroatoms. The van der Waals surface area contributed by atoms with Gasteiger partial charge in [-0.2, -0.15) is 0 Å². The Balaban J connectivity index is 1.43. The van der Waals surface area contributed by atoms with Gasteiger partial charge in [0.15, 0.2) is 5.79 Å². The lowest BCUT2D eigenvalue weighted by molar-refractivity contribution is -0.139. The fraction of sp³-hybridized carbons (Fsp3) is 0.323. The predicted molar refractivity (Wildman–Crippen MR) is 168 cm³/mol. The van der Waals surface area contributed by atoms with Crippen molar-refractivity contribution in [1.82, 2.24) is 10.2 Å². The minimum absolute atomic E-state index is 0.0492. The zero-order chi connectivity index (χ0) is 32.6. The molecule has 1 aliphatic rings. The zero-order valence-electron chi connectivity index (χ0n) is 25.1. The van der Waals surface area contributed by atoms with Gasteiger partial charge in [-0.25, -0.2) is 13.2 Å². The third-order valence-corrected chi connectivity index (χ3v) is 8.59. The summed E-state index contributed by atoms with van der Waals surface area (Å²) in [5, 5.41) is 5.58. The second kappa shape index (κ2) is 14.7. The largest absolute Gasteiger partial charge is 0.445 e. The maximum Gasteiger partial charge on any atom is 0.410 e. The van der Waals surface area contributed by atoms with Crippen molar-refractivity contribution in [3.05, 3.63) is 89.4 Å². The van der Waals surface area contributed by atoms with Gasteiger partial charge in [-0.1, -0.05) is 54.1 Å². The van der Waals surface area contributed by atoms with E-state index >= 15 is 0 Å². The SMILES string of the molecule is CN(CC(=O)Nc1cccc(S(=O)(=O)N(CC(=O)NCC2COC(C)(C)O2)c2cccc(Cl)c2)c1)C(=O)OCc1ccccc1. The maximum atomic E-state index is 13.9. The van der Waals surface area contributed by atoms with Crippen LogP contribution in [-0.2, 0) is 40.4 Å². The number of hydrogen-bond donors (Lipinski definition) is 2. The first kappa shape index (κ1) is 33.7. The minimum atomic E-state index is -4.33. The summed E-state index contributed by atoms with van der Waals surface area (Å²) in [4.78, 5) is 38.9. The highest BCUT2D eigenvalue weighted by molar-refractivity contribution is 7.92. The fourth-order valence-electron chi connectivity index (χ4n) is 4.40. The van der Waals surface area contributed by atoms with Gasteiger partial charge in [-0.3, -0.25) is 13.9 Å². The van der Waals surface area contributed by atoms with Crippen molar-refractivity contribution in [3.63, 3.8) is 0 Å². The summed E-state index contributed by atoms with van der Waals surface area (Å²) in [5.41, 5.74) is 1.14. The number of halogens is 1. The Kier molecular flexibility index (Phi) is 11.0. The Morgan fingerprint density at radius 2 is 1.71 bits per heavy atom. The van der Waals surface area contributed by atoms with Crippen LogP contribution in [0.4, 0.5) is 16.2 Å². The summed E-state index contributed by atoms with van der Waals surface area (Å²) in [6.45, 7) is 3.09. The fourth-order valence-corrected chi connectivity index (χ4v) is 6.04. The van der Waals surface area contributed by atoms with Crippen molar-refractivity contribution in [1.29, 1.82) is 0 Å². The zero-order valence-corrected chi connectivity index (χ0v) is 26.6. The molecule has 3 amide bonds. The van der Waals surface area contributed by atoms with Crippen molar-refractivity contribution in [2.75, 3.05) is 42.9 Å². The lowest BCUT2D eigenvalue weighted by Crippen LogP contribution is -2.43. The summed E-state index contributed by atoms with van der Waals surface area (Å²) < 4.78 is 45.2. The van der Waals surface area contributed by atoms with Gasteiger partial charge >= 0.3 is 6.09 Å². The summed E-state index contributed by atoms with van der Waals surface area (Å²) in [7, 11) is -2.92. The summed E-state index contributed by atoms with van der Waals surface area (Å²) >= 11 is 6.16. The van der Waals surface area contributed by atoms with Crippen molar-refractivity contribution in [2.24, 2.45) is 0 Å². The van der Waals surface area contributed by atoms with Crippen LogP contribution in [-0.4, -0.2) is 76.4 Å². The number of carbonyl (C=O) groups is 3. The first-order valence-corrected chi connectivity index (χ1v) is 15.8. The maximum absolute atomic E-state index is 13.9. The average molecular weight is 659 g/mol. The molecule has 1 aliphatic heterocycles. The molecule has 0 radical (unpaired) electrons. The molecule has 4 rings (SSSR count). The lowest BCUT2D eigenvalue weighted by Gasteiger charge is -2.25. The number of hydrogen-bond acceptors (Lipinski definition) is 8. The molecular formula is C31H35ClN4O8S. The number of likely N-dealkylation sites (N-methyl/N-ethyl adjacent to an activating group) is 1. The molecule has 240 valence electrons. The van der Waals surface area contributed by atoms with E-state index in [9.17, 15) is 22.8 Å². The molecule has 2 N–H and O–H groups in total. The molecule has 1 heterocycles. The van der Waals surface area contributed by atoms with Crippen molar-refractivity contribution < 1.29 is 37.0 Å². The molecule has 0 bridgehead atoms. The number of anilines is 2. The molecule has 45 heavy (non-hydrogen) atoms. The second-order valence-corrected chi connectivity index (χ2v) is 13.0. The van der Waals surface area contributed by atoms with Crippen molar-refractivity contribution in [3.8, 4) is 0 Å². The molecule has 12 nitrogen and oxygen atoms in total. The summed E-state index contributed by atoms with van der Waals surface area (Å²) in [5.74, 6) is -1.91. The van der Waals surface area contributed by atoms with Gasteiger partial charge in [0.2, 0.25) is 11.8 Å². The molecule has 3 aromatic carbocycles. The Morgan fingerprint density at radius 3 is 2.40 bits per heavy atom. The van der Waals surface area contributed by atoms with E-state index in [4.69, 9.17) is 25.8 Å². The van der Waals surface area contributed by atoms with Crippen molar-refractivity contribution in [2.45, 2.75) is 37.2 Å². The molecule has 0 aromatic heterocycles. The van der Waals surface area contributed by atoms with E-state index in [1.54, 1.807) is 26.0 Å². The van der Waals surface area contributed by atoms with E-state index in [0.717, 1.165) is 14.8 Å². The third-order valence-electron chi connectivity index (χ3n) is 6.58. The number of amides is 3. The van der Waals surface area contributed by atoms with Gasteiger partial charge < -0.3 is 29.7 Å². The Labute approximate surface area is 267 Å².